The van der Waals surface area contributed by atoms with Crippen molar-refractivity contribution in [2.45, 2.75) is 50.9 Å². The molecule has 0 unspecified atom stereocenters. The first-order chi connectivity index (χ1) is 13.5. The highest BCUT2D eigenvalue weighted by Crippen LogP contribution is 2.62. The number of aromatic hydroxyl groups is 1. The van der Waals surface area contributed by atoms with E-state index < -0.39 is 0 Å². The molecule has 4 bridgehead atoms. The van der Waals surface area contributed by atoms with Crippen LogP contribution in [0.1, 0.15) is 55.3 Å². The number of imidazole rings is 1. The normalized spacial score (nSPS) is 31.0. The number of ether oxygens (including phenoxy) is 1. The number of benzene rings is 1. The fourth-order valence-electron chi connectivity index (χ4n) is 6.43. The van der Waals surface area contributed by atoms with Crippen molar-refractivity contribution in [2.75, 3.05) is 12.8 Å². The topological polar surface area (TPSA) is 85.7 Å². The van der Waals surface area contributed by atoms with Gasteiger partial charge < -0.3 is 15.6 Å². The van der Waals surface area contributed by atoms with Gasteiger partial charge in [-0.3, -0.25) is 0 Å². The Morgan fingerprint density at radius 1 is 1.21 bits per heavy atom. The van der Waals surface area contributed by atoms with Gasteiger partial charge in [0.15, 0.2) is 11.5 Å². The van der Waals surface area contributed by atoms with Crippen LogP contribution >= 0.6 is 0 Å². The van der Waals surface area contributed by atoms with Crippen LogP contribution in [0.2, 0.25) is 0 Å². The van der Waals surface area contributed by atoms with Crippen LogP contribution in [0.25, 0.3) is 0 Å². The summed E-state index contributed by atoms with van der Waals surface area (Å²) >= 11 is 0. The number of hydrogen-bond donors (Lipinski definition) is 2. The summed E-state index contributed by atoms with van der Waals surface area (Å²) in [4.78, 5) is 4.18. The van der Waals surface area contributed by atoms with Gasteiger partial charge in [0, 0.05) is 5.56 Å². The Balaban J connectivity index is 1.55. The fraction of sp³-hybridized carbons (Fsp3) is 0.545. The Morgan fingerprint density at radius 2 is 1.86 bits per heavy atom. The number of nitrogens with zero attached hydrogens (tertiary/aromatic N) is 3. The van der Waals surface area contributed by atoms with Crippen molar-refractivity contribution in [1.82, 2.24) is 9.66 Å². The molecule has 6 rings (SSSR count). The second-order valence-electron chi connectivity index (χ2n) is 9.15. The number of phenols is 1. The van der Waals surface area contributed by atoms with E-state index in [4.69, 9.17) is 10.5 Å². The van der Waals surface area contributed by atoms with Crippen LogP contribution in [0.4, 0.5) is 5.95 Å². The summed E-state index contributed by atoms with van der Waals surface area (Å²) in [7, 11) is 1.61. The van der Waals surface area contributed by atoms with E-state index in [1.807, 2.05) is 13.0 Å². The summed E-state index contributed by atoms with van der Waals surface area (Å²) in [6, 6.07) is 3.94. The van der Waals surface area contributed by atoms with E-state index >= 15 is 0 Å². The maximum atomic E-state index is 11.0. The molecule has 148 valence electrons. The lowest BCUT2D eigenvalue weighted by atomic mass is 9.48. The molecule has 4 aliphatic carbocycles. The van der Waals surface area contributed by atoms with E-state index in [2.05, 4.69) is 16.2 Å². The zero-order valence-electron chi connectivity index (χ0n) is 16.6. The van der Waals surface area contributed by atoms with E-state index in [-0.39, 0.29) is 5.41 Å². The van der Waals surface area contributed by atoms with E-state index in [1.165, 1.54) is 38.5 Å². The number of hydrogen-bond acceptors (Lipinski definition) is 5. The molecule has 2 aromatic rings. The minimum Gasteiger partial charge on any atom is -0.504 e. The zero-order valence-corrected chi connectivity index (χ0v) is 16.6. The number of nitrogen functional groups attached to an aromatic ring is 1. The maximum absolute atomic E-state index is 11.0. The Bertz CT molecular complexity index is 911. The van der Waals surface area contributed by atoms with E-state index in [1.54, 1.807) is 24.2 Å². The van der Waals surface area contributed by atoms with Gasteiger partial charge in [-0.1, -0.05) is 0 Å². The van der Waals surface area contributed by atoms with Gasteiger partial charge in [0.2, 0.25) is 5.95 Å². The summed E-state index contributed by atoms with van der Waals surface area (Å²) in [5.41, 5.74) is 8.75. The average molecular weight is 380 g/mol. The second-order valence-corrected chi connectivity index (χ2v) is 9.15. The SMILES string of the molecule is COc1cc(C=Nn2cc(C)nc2N)cc(C23CC4CC(CC(C4)C2)C3)c1O. The number of aryl methyl sites for hydroxylation is 1. The molecule has 0 radical (unpaired) electrons. The average Bonchev–Trinajstić information content (AvgIpc) is 2.96. The summed E-state index contributed by atoms with van der Waals surface area (Å²) in [6.07, 6.45) is 11.2. The molecule has 0 atom stereocenters. The van der Waals surface area contributed by atoms with Crippen LogP contribution in [-0.2, 0) is 5.41 Å². The third kappa shape index (κ3) is 2.77. The molecule has 1 heterocycles. The maximum Gasteiger partial charge on any atom is 0.221 e. The first-order valence-corrected chi connectivity index (χ1v) is 10.2. The number of anilines is 1. The van der Waals surface area contributed by atoms with E-state index in [9.17, 15) is 5.11 Å². The molecule has 0 saturated heterocycles. The second kappa shape index (κ2) is 6.26. The van der Waals surface area contributed by atoms with Crippen molar-refractivity contribution in [3.05, 3.63) is 35.2 Å². The standard InChI is InChI=1S/C22H28N4O2/c1-13-12-26(21(23)25-13)24-11-17-6-18(20(27)19(7-17)28-2)22-8-14-3-15(9-22)5-16(4-14)10-22/h6-7,11-12,14-16,27H,3-5,8-10H2,1-2H3,(H2,23,25). The van der Waals surface area contributed by atoms with Gasteiger partial charge in [0.05, 0.1) is 25.2 Å². The summed E-state index contributed by atoms with van der Waals surface area (Å²) in [6.45, 7) is 1.89. The third-order valence-corrected chi connectivity index (χ3v) is 7.09. The lowest BCUT2D eigenvalue weighted by Crippen LogP contribution is -2.48. The lowest BCUT2D eigenvalue weighted by Gasteiger charge is -2.57. The summed E-state index contributed by atoms with van der Waals surface area (Å²) in [5, 5.41) is 15.5. The van der Waals surface area contributed by atoms with Crippen molar-refractivity contribution < 1.29 is 9.84 Å². The molecule has 0 amide bonds. The van der Waals surface area contributed by atoms with E-state index in [0.29, 0.717) is 17.4 Å². The highest BCUT2D eigenvalue weighted by Gasteiger charge is 2.52. The van der Waals surface area contributed by atoms with Crippen LogP contribution in [-0.4, -0.2) is 28.1 Å². The van der Waals surface area contributed by atoms with Gasteiger partial charge in [-0.25, -0.2) is 9.66 Å². The first kappa shape index (κ1) is 17.6. The van der Waals surface area contributed by atoms with Crippen LogP contribution in [0.5, 0.6) is 11.5 Å². The lowest BCUT2D eigenvalue weighted by molar-refractivity contribution is -0.00627. The molecule has 4 fully saturated rings. The highest BCUT2D eigenvalue weighted by atomic mass is 16.5. The van der Waals surface area contributed by atoms with Crippen LogP contribution in [0.3, 0.4) is 0 Å². The van der Waals surface area contributed by atoms with Crippen molar-refractivity contribution in [3.63, 3.8) is 0 Å². The number of nitrogens with two attached hydrogens (primary N) is 1. The predicted octanol–water partition coefficient (Wildman–Crippen LogP) is 3.84. The zero-order chi connectivity index (χ0) is 19.5. The molecule has 0 spiro atoms. The van der Waals surface area contributed by atoms with Crippen molar-refractivity contribution in [2.24, 2.45) is 22.9 Å². The van der Waals surface area contributed by atoms with Crippen LogP contribution in [0.15, 0.2) is 23.4 Å². The van der Waals surface area contributed by atoms with Gasteiger partial charge in [-0.05, 0) is 86.3 Å². The molecule has 1 aromatic carbocycles. The number of phenolic OH excluding ortho intramolecular Hbond substituents is 1. The van der Waals surface area contributed by atoms with Crippen LogP contribution in [0, 0.1) is 24.7 Å². The summed E-state index contributed by atoms with van der Waals surface area (Å²) < 4.78 is 7.08. The predicted molar refractivity (Wildman–Crippen MR) is 109 cm³/mol. The minimum absolute atomic E-state index is 0.0839. The first-order valence-electron chi connectivity index (χ1n) is 10.2. The Kier molecular flexibility index (Phi) is 3.93. The van der Waals surface area contributed by atoms with Crippen LogP contribution < -0.4 is 10.5 Å². The molecule has 4 aliphatic rings. The molecule has 3 N–H and O–H groups in total. The van der Waals surface area contributed by atoms with Gasteiger partial charge >= 0.3 is 0 Å². The summed E-state index contributed by atoms with van der Waals surface area (Å²) in [5.74, 6) is 3.61. The van der Waals surface area contributed by atoms with Crippen molar-refractivity contribution in [1.29, 1.82) is 0 Å². The molecular formula is C22H28N4O2. The largest absolute Gasteiger partial charge is 0.504 e. The number of rotatable bonds is 4. The number of aromatic nitrogens is 2. The minimum atomic E-state index is 0.0839. The Labute approximate surface area is 165 Å². The molecule has 4 saturated carbocycles. The molecule has 28 heavy (non-hydrogen) atoms. The fourth-order valence-corrected chi connectivity index (χ4v) is 6.43. The molecule has 1 aromatic heterocycles. The Morgan fingerprint density at radius 3 is 2.39 bits per heavy atom. The smallest absolute Gasteiger partial charge is 0.221 e. The Hall–Kier alpha value is -2.50. The molecule has 0 aliphatic heterocycles. The number of methoxy groups -OCH3 is 1. The molecule has 6 nitrogen and oxygen atoms in total. The van der Waals surface area contributed by atoms with Gasteiger partial charge in [-0.15, -0.1) is 0 Å². The van der Waals surface area contributed by atoms with Gasteiger partial charge in [0.1, 0.15) is 0 Å². The molecular weight excluding hydrogens is 352 g/mol. The quantitative estimate of drug-likeness (QED) is 0.789. The van der Waals surface area contributed by atoms with Crippen molar-refractivity contribution >= 4 is 12.2 Å². The van der Waals surface area contributed by atoms with Crippen molar-refractivity contribution in [3.8, 4) is 11.5 Å². The molecule has 6 heteroatoms. The van der Waals surface area contributed by atoms with Gasteiger partial charge in [0.25, 0.3) is 0 Å². The van der Waals surface area contributed by atoms with E-state index in [0.717, 1.165) is 34.6 Å². The van der Waals surface area contributed by atoms with Gasteiger partial charge in [-0.2, -0.15) is 5.10 Å². The highest BCUT2D eigenvalue weighted by molar-refractivity contribution is 5.82. The third-order valence-electron chi connectivity index (χ3n) is 7.09. The monoisotopic (exact) mass is 380 g/mol.